The molecule has 36 heavy (non-hydrogen) atoms. The fourth-order valence-electron chi connectivity index (χ4n) is 3.92. The molecular weight excluding hydrogens is 484 g/mol. The normalized spacial score (nSPS) is 19.6. The van der Waals surface area contributed by atoms with E-state index in [2.05, 4.69) is 5.32 Å². The Hall–Kier alpha value is -2.47. The number of ether oxygens (including phenoxy) is 2. The van der Waals surface area contributed by atoms with Crippen LogP contribution < -0.4 is 10.8 Å². The number of hydroxylamine groups is 1. The lowest BCUT2D eigenvalue weighted by molar-refractivity contribution is -0.245. The van der Waals surface area contributed by atoms with E-state index in [9.17, 15) is 14.7 Å². The molecule has 2 aromatic carbocycles. The number of carbonyl (C=O) groups excluding carboxylic acids is 2. The summed E-state index contributed by atoms with van der Waals surface area (Å²) in [6, 6.07) is 15.0. The summed E-state index contributed by atoms with van der Waals surface area (Å²) in [5.41, 5.74) is 4.81. The molecule has 0 bridgehead atoms. The first-order valence-electron chi connectivity index (χ1n) is 12.0. The highest BCUT2D eigenvalue weighted by Crippen LogP contribution is 2.39. The molecule has 0 aliphatic carbocycles. The molecule has 2 aromatic rings. The molecule has 0 radical (unpaired) electrons. The monoisotopic (exact) mass is 518 g/mol. The van der Waals surface area contributed by atoms with Crippen LogP contribution in [-0.2, 0) is 25.7 Å². The number of benzene rings is 2. The second-order valence-electron chi connectivity index (χ2n) is 8.56. The van der Waals surface area contributed by atoms with E-state index in [0.717, 1.165) is 22.4 Å². The zero-order valence-corrected chi connectivity index (χ0v) is 20.9. The molecule has 3 rings (SSSR count). The number of hydrogen-bond donors (Lipinski definition) is 5. The summed E-state index contributed by atoms with van der Waals surface area (Å²) in [5.74, 6) is 0.720. The topological polar surface area (TPSA) is 137 Å². The second-order valence-corrected chi connectivity index (χ2v) is 9.71. The predicted molar refractivity (Wildman–Crippen MR) is 136 cm³/mol. The SMILES string of the molecule is O=C(CCCCC(=O)Nc1cccc([C@H]2O[C@@H](CSCCO)C[C@@H](c3ccc(CO)cc3)O2)c1)NO. The Bertz CT molecular complexity index is 973. The summed E-state index contributed by atoms with van der Waals surface area (Å²) < 4.78 is 12.6. The van der Waals surface area contributed by atoms with Gasteiger partial charge in [-0.25, -0.2) is 5.48 Å². The first-order valence-corrected chi connectivity index (χ1v) is 13.2. The van der Waals surface area contributed by atoms with Crippen molar-refractivity contribution >= 4 is 29.3 Å². The summed E-state index contributed by atoms with van der Waals surface area (Å²) >= 11 is 1.62. The van der Waals surface area contributed by atoms with Crippen LogP contribution in [0.25, 0.3) is 0 Å². The van der Waals surface area contributed by atoms with Crippen molar-refractivity contribution in [3.05, 3.63) is 65.2 Å². The lowest BCUT2D eigenvalue weighted by Gasteiger charge is -2.36. The summed E-state index contributed by atoms with van der Waals surface area (Å²) in [5, 5.41) is 29.9. The molecule has 0 aromatic heterocycles. The van der Waals surface area contributed by atoms with E-state index in [1.807, 2.05) is 42.5 Å². The molecule has 0 spiro atoms. The molecule has 1 heterocycles. The fourth-order valence-corrected chi connectivity index (χ4v) is 4.69. The van der Waals surface area contributed by atoms with Crippen LogP contribution >= 0.6 is 11.8 Å². The van der Waals surface area contributed by atoms with Crippen LogP contribution in [0.1, 0.15) is 61.2 Å². The third-order valence-electron chi connectivity index (χ3n) is 5.78. The number of aliphatic hydroxyl groups excluding tert-OH is 2. The second kappa shape index (κ2) is 14.9. The smallest absolute Gasteiger partial charge is 0.243 e. The van der Waals surface area contributed by atoms with Crippen LogP contribution in [0.4, 0.5) is 5.69 Å². The van der Waals surface area contributed by atoms with Gasteiger partial charge in [0.1, 0.15) is 0 Å². The molecule has 1 aliphatic rings. The maximum Gasteiger partial charge on any atom is 0.243 e. The Morgan fingerprint density at radius 2 is 1.72 bits per heavy atom. The minimum atomic E-state index is -0.630. The maximum absolute atomic E-state index is 12.3. The van der Waals surface area contributed by atoms with Gasteiger partial charge >= 0.3 is 0 Å². The van der Waals surface area contributed by atoms with Crippen LogP contribution in [0, 0.1) is 0 Å². The number of carbonyl (C=O) groups is 2. The lowest BCUT2D eigenvalue weighted by atomic mass is 10.0. The lowest BCUT2D eigenvalue weighted by Crippen LogP contribution is -2.31. The number of thioether (sulfide) groups is 1. The van der Waals surface area contributed by atoms with Gasteiger partial charge in [0.05, 0.1) is 25.4 Å². The minimum Gasteiger partial charge on any atom is -0.396 e. The van der Waals surface area contributed by atoms with Crippen molar-refractivity contribution in [1.29, 1.82) is 0 Å². The largest absolute Gasteiger partial charge is 0.396 e. The predicted octanol–water partition coefficient (Wildman–Crippen LogP) is 3.45. The Kier molecular flexibility index (Phi) is 11.7. The Morgan fingerprint density at radius 1 is 0.972 bits per heavy atom. The molecule has 196 valence electrons. The van der Waals surface area contributed by atoms with Gasteiger partial charge < -0.3 is 25.0 Å². The Labute approximate surface area is 215 Å². The van der Waals surface area contributed by atoms with E-state index >= 15 is 0 Å². The van der Waals surface area contributed by atoms with E-state index in [0.29, 0.717) is 30.7 Å². The van der Waals surface area contributed by atoms with Crippen molar-refractivity contribution in [3.8, 4) is 0 Å². The molecule has 10 heteroatoms. The molecule has 1 fully saturated rings. The van der Waals surface area contributed by atoms with E-state index in [-0.39, 0.29) is 44.2 Å². The van der Waals surface area contributed by atoms with Gasteiger partial charge in [-0.05, 0) is 36.1 Å². The number of nitrogens with one attached hydrogen (secondary N) is 2. The quantitative estimate of drug-likeness (QED) is 0.154. The van der Waals surface area contributed by atoms with Gasteiger partial charge in [0.15, 0.2) is 6.29 Å². The first-order chi connectivity index (χ1) is 17.5. The van der Waals surface area contributed by atoms with Crippen LogP contribution in [0.15, 0.2) is 48.5 Å². The number of rotatable bonds is 13. The highest BCUT2D eigenvalue weighted by atomic mass is 32.2. The standard InChI is InChI=1S/C26H34N2O7S/c29-12-13-36-17-22-15-23(19-10-8-18(16-30)9-11-19)35-26(34-22)20-4-3-5-21(14-20)27-24(31)6-1-2-7-25(32)28-33/h3-5,8-11,14,22-23,26,29-30,33H,1-2,6-7,12-13,15-17H2,(H,27,31)(H,28,32)/t22-,23+,26+/m1/s1. The summed E-state index contributed by atoms with van der Waals surface area (Å²) in [6.45, 7) is 0.0915. The van der Waals surface area contributed by atoms with Gasteiger partial charge in [-0.2, -0.15) is 11.8 Å². The van der Waals surface area contributed by atoms with Crippen molar-refractivity contribution in [3.63, 3.8) is 0 Å². The zero-order valence-electron chi connectivity index (χ0n) is 20.1. The number of anilines is 1. The Balaban J connectivity index is 1.65. The van der Waals surface area contributed by atoms with Gasteiger partial charge in [-0.1, -0.05) is 36.4 Å². The van der Waals surface area contributed by atoms with Crippen LogP contribution in [0.5, 0.6) is 0 Å². The molecule has 1 saturated heterocycles. The van der Waals surface area contributed by atoms with Crippen molar-refractivity contribution < 1.29 is 34.5 Å². The summed E-state index contributed by atoms with van der Waals surface area (Å²) in [7, 11) is 0. The first kappa shape index (κ1) is 28.1. The highest BCUT2D eigenvalue weighted by molar-refractivity contribution is 7.99. The van der Waals surface area contributed by atoms with Crippen LogP contribution in [-0.4, -0.2) is 51.5 Å². The van der Waals surface area contributed by atoms with Crippen molar-refractivity contribution in [1.82, 2.24) is 5.48 Å². The third-order valence-corrected chi connectivity index (χ3v) is 6.86. The van der Waals surface area contributed by atoms with Crippen molar-refractivity contribution in [2.75, 3.05) is 23.4 Å². The minimum absolute atomic E-state index is 0.0194. The van der Waals surface area contributed by atoms with Crippen molar-refractivity contribution in [2.24, 2.45) is 0 Å². The molecule has 9 nitrogen and oxygen atoms in total. The zero-order chi connectivity index (χ0) is 25.8. The van der Waals surface area contributed by atoms with Crippen LogP contribution in [0.2, 0.25) is 0 Å². The van der Waals surface area contributed by atoms with Gasteiger partial charge in [0.2, 0.25) is 11.8 Å². The van der Waals surface area contributed by atoms with E-state index in [1.54, 1.807) is 23.3 Å². The maximum atomic E-state index is 12.3. The average Bonchev–Trinajstić information content (AvgIpc) is 2.91. The number of amides is 2. The molecule has 2 amide bonds. The molecule has 1 aliphatic heterocycles. The molecule has 3 atom stereocenters. The fraction of sp³-hybridized carbons (Fsp3) is 0.462. The van der Waals surface area contributed by atoms with Gasteiger partial charge in [0.25, 0.3) is 0 Å². The highest BCUT2D eigenvalue weighted by Gasteiger charge is 2.32. The van der Waals surface area contributed by atoms with Gasteiger partial charge in [-0.15, -0.1) is 0 Å². The third kappa shape index (κ3) is 8.88. The summed E-state index contributed by atoms with van der Waals surface area (Å²) in [4.78, 5) is 23.4. The molecule has 0 saturated carbocycles. The number of hydrogen-bond acceptors (Lipinski definition) is 8. The number of unbranched alkanes of at least 4 members (excludes halogenated alkanes) is 1. The Morgan fingerprint density at radius 3 is 2.42 bits per heavy atom. The van der Waals surface area contributed by atoms with Gasteiger partial charge in [0, 0.05) is 42.0 Å². The summed E-state index contributed by atoms with van der Waals surface area (Å²) in [6.07, 6.45) is 1.19. The average molecular weight is 519 g/mol. The number of aliphatic hydroxyl groups is 2. The molecular formula is C26H34N2O7S. The van der Waals surface area contributed by atoms with Crippen molar-refractivity contribution in [2.45, 2.75) is 57.2 Å². The molecule has 0 unspecified atom stereocenters. The van der Waals surface area contributed by atoms with Crippen LogP contribution in [0.3, 0.4) is 0 Å². The van der Waals surface area contributed by atoms with E-state index in [1.165, 1.54) is 0 Å². The molecule has 5 N–H and O–H groups in total. The van der Waals surface area contributed by atoms with E-state index < -0.39 is 12.2 Å². The van der Waals surface area contributed by atoms with Gasteiger partial charge in [-0.3, -0.25) is 14.8 Å². The van der Waals surface area contributed by atoms with E-state index in [4.69, 9.17) is 19.8 Å².